The van der Waals surface area contributed by atoms with Gasteiger partial charge in [-0.05, 0) is 115 Å². The van der Waals surface area contributed by atoms with Crippen molar-refractivity contribution in [2.45, 2.75) is 135 Å². The molecule has 0 aliphatic carbocycles. The van der Waals surface area contributed by atoms with Crippen LogP contribution in [0.15, 0.2) is 182 Å². The molecule has 1 radical (unpaired) electrons. The van der Waals surface area contributed by atoms with Crippen LogP contribution >= 0.6 is 0 Å². The minimum Gasteiger partial charge on any atom is -0.368 e. The third kappa shape index (κ3) is 17.2. The summed E-state index contributed by atoms with van der Waals surface area (Å²) in [4.78, 5) is 113. The minimum atomic E-state index is -0.744. The van der Waals surface area contributed by atoms with Gasteiger partial charge >= 0.3 is 0 Å². The van der Waals surface area contributed by atoms with Gasteiger partial charge in [0, 0.05) is 17.1 Å². The van der Waals surface area contributed by atoms with Gasteiger partial charge < -0.3 is 40.4 Å². The lowest BCUT2D eigenvalue weighted by Crippen LogP contribution is -2.62. The predicted octanol–water partition coefficient (Wildman–Crippen LogP) is 9.97. The van der Waals surface area contributed by atoms with Gasteiger partial charge in [-0.1, -0.05) is 182 Å². The average Bonchev–Trinajstić information content (AvgIpc) is 2.78. The Labute approximate surface area is 520 Å². The largest absolute Gasteiger partial charge is 0.368 e. The first-order valence-electron chi connectivity index (χ1n) is 30.4. The molecule has 17 heteroatoms. The maximum absolute atomic E-state index is 15.7. The minimum absolute atomic E-state index is 0.112. The van der Waals surface area contributed by atoms with Crippen LogP contribution in [0.5, 0.6) is 0 Å². The van der Waals surface area contributed by atoms with Gasteiger partial charge in [0.15, 0.2) is 0 Å². The van der Waals surface area contributed by atoms with E-state index in [9.17, 15) is 19.6 Å². The van der Waals surface area contributed by atoms with Crippen LogP contribution in [0.2, 0.25) is 0 Å². The fourth-order valence-corrected chi connectivity index (χ4v) is 12.2. The van der Waals surface area contributed by atoms with Crippen LogP contribution in [-0.4, -0.2) is 139 Å². The van der Waals surface area contributed by atoms with Gasteiger partial charge in [-0.3, -0.25) is 33.6 Å². The lowest BCUT2D eigenvalue weighted by atomic mass is 9.79. The molecule has 0 bridgehead atoms. The van der Waals surface area contributed by atoms with E-state index in [1.54, 1.807) is 20.8 Å². The fourth-order valence-electron chi connectivity index (χ4n) is 12.2. The van der Waals surface area contributed by atoms with Crippen molar-refractivity contribution in [1.29, 1.82) is 0 Å². The number of hydrogen-bond donors (Lipinski definition) is 2. The molecule has 6 atom stereocenters. The Morgan fingerprint density at radius 2 is 0.568 bits per heavy atom. The Balaban J connectivity index is 1.23. The second-order valence-corrected chi connectivity index (χ2v) is 24.5. The van der Waals surface area contributed by atoms with Crippen LogP contribution in [0.1, 0.15) is 152 Å². The summed E-state index contributed by atoms with van der Waals surface area (Å²) in [5.41, 5.74) is 8.79. The maximum atomic E-state index is 15.7. The SMILES string of the molecule is C[C@H](c1ccccc1)N(CC(=O)N(CC(=O)N(CC(=O)N(CC(=O)N(CC(=O)N(CC(N)=O)[C@@H](C)c1ccccc1)[C@@H](C)c1ccccc1)[C@@H](C)c1ccccc1)[C@H](C)c1ccccc1)[C@H](C)c1ccccc1)C(=O)CNC1CC(C)(C)N([O])C(C)(C)C1. The lowest BCUT2D eigenvalue weighted by molar-refractivity contribution is -0.290. The van der Waals surface area contributed by atoms with Crippen LogP contribution in [-0.2, 0) is 38.8 Å². The molecule has 1 fully saturated rings. The van der Waals surface area contributed by atoms with Gasteiger partial charge in [-0.15, -0.1) is 10.3 Å². The fraction of sp³-hybridized carbons (Fsp3) is 0.394. The molecule has 6 aromatic carbocycles. The molecule has 1 heterocycles. The number of hydrogen-bond acceptors (Lipinski definition) is 9. The highest BCUT2D eigenvalue weighted by Gasteiger charge is 2.46. The lowest BCUT2D eigenvalue weighted by Gasteiger charge is -2.50. The van der Waals surface area contributed by atoms with E-state index < -0.39 is 122 Å². The normalized spacial score (nSPS) is 15.9. The number of nitrogens with zero attached hydrogens (tertiary/aromatic N) is 7. The van der Waals surface area contributed by atoms with Crippen molar-refractivity contribution >= 4 is 41.4 Å². The second-order valence-electron chi connectivity index (χ2n) is 24.5. The Bertz CT molecular complexity index is 3250. The first kappa shape index (κ1) is 67.0. The number of amides is 7. The summed E-state index contributed by atoms with van der Waals surface area (Å²) < 4.78 is 0. The van der Waals surface area contributed by atoms with E-state index in [1.165, 1.54) is 29.4 Å². The molecule has 0 saturated carbocycles. The molecule has 7 amide bonds. The Morgan fingerprint density at radius 1 is 0.375 bits per heavy atom. The number of nitrogens with two attached hydrogens (primary N) is 1. The first-order valence-corrected chi connectivity index (χ1v) is 30.4. The van der Waals surface area contributed by atoms with Crippen molar-refractivity contribution in [3.05, 3.63) is 215 Å². The average molecular weight is 1200 g/mol. The van der Waals surface area contributed by atoms with Crippen molar-refractivity contribution in [2.24, 2.45) is 5.73 Å². The van der Waals surface area contributed by atoms with E-state index in [2.05, 4.69) is 5.32 Å². The zero-order chi connectivity index (χ0) is 63.9. The number of piperidine rings is 1. The van der Waals surface area contributed by atoms with E-state index >= 15 is 19.2 Å². The van der Waals surface area contributed by atoms with Gasteiger partial charge in [-0.25, -0.2) is 0 Å². The summed E-state index contributed by atoms with van der Waals surface area (Å²) in [7, 11) is 0. The smallest absolute Gasteiger partial charge is 0.243 e. The Kier molecular flexibility index (Phi) is 23.2. The standard InChI is InChI=1S/C71H88N9O8/c1-50(56-29-17-11-18-30-56)74(44-63(72)81)65(83)46-76(52(3)58-33-21-13-22-34-58)67(85)48-78(54(5)60-37-25-15-26-38-60)69(87)49-79(55(6)61-39-27-16-28-40-61)68(86)47-77(53(4)59-35-23-14-24-36-59)66(84)45-75(51(2)57-31-19-12-20-32-57)64(82)43-73-62-41-70(7,8)80(88)71(9,10)42-62/h11-40,50-55,62,73H,41-49H2,1-10H3,(H2,72,81)/t50-,51+,52-,53+,54-,55+/m0/s1. The van der Waals surface area contributed by atoms with Crippen molar-refractivity contribution in [3.63, 3.8) is 0 Å². The van der Waals surface area contributed by atoms with E-state index in [0.717, 1.165) is 27.3 Å². The summed E-state index contributed by atoms with van der Waals surface area (Å²) in [5, 5.41) is 17.8. The van der Waals surface area contributed by atoms with E-state index in [1.807, 2.05) is 230 Å². The molecular weight excluding hydrogens is 1110 g/mol. The Hall–Kier alpha value is -8.51. The molecule has 3 N–H and O–H groups in total. The molecule has 1 aliphatic heterocycles. The quantitative estimate of drug-likeness (QED) is 0.0504. The van der Waals surface area contributed by atoms with Crippen molar-refractivity contribution in [3.8, 4) is 0 Å². The molecule has 1 saturated heterocycles. The molecular formula is C71H88N9O8. The zero-order valence-electron chi connectivity index (χ0n) is 52.7. The highest BCUT2D eigenvalue weighted by atomic mass is 16.5. The number of rotatable bonds is 27. The summed E-state index contributed by atoms with van der Waals surface area (Å²) in [6.45, 7) is 15.5. The van der Waals surface area contributed by atoms with Gasteiger partial charge in [0.05, 0.1) is 49.3 Å². The topological polar surface area (TPSA) is 200 Å². The third-order valence-electron chi connectivity index (χ3n) is 17.4. The molecule has 1 aliphatic rings. The number of benzene rings is 6. The van der Waals surface area contributed by atoms with Crippen LogP contribution in [0.25, 0.3) is 0 Å². The van der Waals surface area contributed by atoms with Crippen molar-refractivity contribution in [1.82, 2.24) is 39.8 Å². The van der Waals surface area contributed by atoms with Crippen LogP contribution < -0.4 is 11.1 Å². The molecule has 17 nitrogen and oxygen atoms in total. The highest BCUT2D eigenvalue weighted by Crippen LogP contribution is 2.37. The highest BCUT2D eigenvalue weighted by molar-refractivity contribution is 5.93. The summed E-state index contributed by atoms with van der Waals surface area (Å²) in [6, 6.07) is 51.3. The zero-order valence-corrected chi connectivity index (χ0v) is 52.7. The van der Waals surface area contributed by atoms with Crippen LogP contribution in [0.3, 0.4) is 0 Å². The molecule has 6 aromatic rings. The van der Waals surface area contributed by atoms with Gasteiger partial charge in [-0.2, -0.15) is 0 Å². The van der Waals surface area contributed by atoms with E-state index in [0.29, 0.717) is 24.0 Å². The van der Waals surface area contributed by atoms with Crippen molar-refractivity contribution in [2.75, 3.05) is 45.8 Å². The first-order chi connectivity index (χ1) is 41.9. The van der Waals surface area contributed by atoms with Gasteiger partial charge in [0.2, 0.25) is 41.4 Å². The summed E-state index contributed by atoms with van der Waals surface area (Å²) >= 11 is 0. The predicted molar refractivity (Wildman–Crippen MR) is 340 cm³/mol. The van der Waals surface area contributed by atoms with Crippen LogP contribution in [0.4, 0.5) is 0 Å². The number of carbonyl (C=O) groups is 7. The number of carbonyl (C=O) groups excluding carboxylic acids is 7. The number of primary amides is 1. The second kappa shape index (κ2) is 30.4. The molecule has 0 spiro atoms. The molecule has 7 rings (SSSR count). The summed E-state index contributed by atoms with van der Waals surface area (Å²) in [6.07, 6.45) is 1.01. The molecule has 0 unspecified atom stereocenters. The van der Waals surface area contributed by atoms with E-state index in [-0.39, 0.29) is 18.5 Å². The van der Waals surface area contributed by atoms with Gasteiger partial charge in [0.1, 0.15) is 32.7 Å². The monoisotopic (exact) mass is 1190 g/mol. The Morgan fingerprint density at radius 3 is 0.773 bits per heavy atom. The molecule has 88 heavy (non-hydrogen) atoms. The number of hydroxylamine groups is 2. The van der Waals surface area contributed by atoms with Crippen LogP contribution in [0, 0.1) is 0 Å². The molecule has 465 valence electrons. The van der Waals surface area contributed by atoms with Gasteiger partial charge in [0.25, 0.3) is 0 Å². The maximum Gasteiger partial charge on any atom is 0.243 e. The van der Waals surface area contributed by atoms with E-state index in [4.69, 9.17) is 5.73 Å². The van der Waals surface area contributed by atoms with Crippen molar-refractivity contribution < 1.29 is 38.8 Å². The molecule has 0 aromatic heterocycles. The summed E-state index contributed by atoms with van der Waals surface area (Å²) in [5.74, 6) is -3.86. The number of nitrogens with one attached hydrogen (secondary N) is 1. The third-order valence-corrected chi connectivity index (χ3v) is 17.4.